The molecule has 2 N–H and O–H groups in total. The highest BCUT2D eigenvalue weighted by atomic mass is 16.2. The summed E-state index contributed by atoms with van der Waals surface area (Å²) in [6.07, 6.45) is 2.05. The first kappa shape index (κ1) is 11.6. The maximum absolute atomic E-state index is 11.4. The van der Waals surface area contributed by atoms with Gasteiger partial charge in [-0.05, 0) is 19.4 Å². The fourth-order valence-corrected chi connectivity index (χ4v) is 1.59. The van der Waals surface area contributed by atoms with E-state index in [2.05, 4.69) is 17.2 Å². The van der Waals surface area contributed by atoms with E-state index in [0.29, 0.717) is 19.6 Å². The number of nitrogens with one attached hydrogen (secondary N) is 2. The zero-order valence-corrected chi connectivity index (χ0v) is 8.95. The third kappa shape index (κ3) is 3.27. The summed E-state index contributed by atoms with van der Waals surface area (Å²) in [5, 5.41) is 5.51. The number of carbonyl (C=O) groups excluding carboxylic acids is 2. The van der Waals surface area contributed by atoms with E-state index in [0.717, 1.165) is 6.42 Å². The predicted octanol–water partition coefficient (Wildman–Crippen LogP) is 0.0924. The van der Waals surface area contributed by atoms with Crippen molar-refractivity contribution >= 4 is 11.9 Å². The number of likely N-dealkylation sites (tertiary alicyclic amines) is 1. The minimum absolute atomic E-state index is 0.0538. The van der Waals surface area contributed by atoms with Gasteiger partial charge in [0.25, 0.3) is 0 Å². The maximum Gasteiger partial charge on any atom is 0.317 e. The van der Waals surface area contributed by atoms with Gasteiger partial charge in [-0.3, -0.25) is 4.79 Å². The highest BCUT2D eigenvalue weighted by molar-refractivity contribution is 5.87. The summed E-state index contributed by atoms with van der Waals surface area (Å²) in [7, 11) is 0. The highest BCUT2D eigenvalue weighted by Gasteiger charge is 2.26. The van der Waals surface area contributed by atoms with E-state index in [1.807, 2.05) is 6.92 Å². The predicted molar refractivity (Wildman–Crippen MR) is 57.4 cm³/mol. The highest BCUT2D eigenvalue weighted by Crippen LogP contribution is 2.08. The molecule has 1 aliphatic heterocycles. The maximum atomic E-state index is 11.4. The molecule has 1 heterocycles. The van der Waals surface area contributed by atoms with E-state index in [1.54, 1.807) is 4.90 Å². The average Bonchev–Trinajstić information content (AvgIpc) is 2.66. The number of urea groups is 1. The summed E-state index contributed by atoms with van der Waals surface area (Å²) in [5.74, 6) is -0.183. The number of nitrogens with zero attached hydrogens (tertiary/aromatic N) is 1. The summed E-state index contributed by atoms with van der Waals surface area (Å²) in [4.78, 5) is 24.2. The van der Waals surface area contributed by atoms with E-state index >= 15 is 0 Å². The second kappa shape index (κ2) is 5.38. The van der Waals surface area contributed by atoms with Crippen molar-refractivity contribution < 1.29 is 9.59 Å². The van der Waals surface area contributed by atoms with Crippen LogP contribution < -0.4 is 10.6 Å². The van der Waals surface area contributed by atoms with Gasteiger partial charge >= 0.3 is 6.03 Å². The van der Waals surface area contributed by atoms with Crippen LogP contribution in [0.2, 0.25) is 0 Å². The molecule has 0 aromatic heterocycles. The molecular weight excluding hydrogens is 194 g/mol. The molecule has 1 unspecified atom stereocenters. The van der Waals surface area contributed by atoms with Gasteiger partial charge in [-0.15, -0.1) is 0 Å². The summed E-state index contributed by atoms with van der Waals surface area (Å²) < 4.78 is 0. The van der Waals surface area contributed by atoms with E-state index in [4.69, 9.17) is 0 Å². The van der Waals surface area contributed by atoms with Crippen LogP contribution in [0.4, 0.5) is 4.79 Å². The van der Waals surface area contributed by atoms with Crippen LogP contribution in [-0.2, 0) is 4.79 Å². The lowest BCUT2D eigenvalue weighted by Gasteiger charge is -2.16. The first-order valence-electron chi connectivity index (χ1n) is 5.13. The van der Waals surface area contributed by atoms with E-state index in [1.165, 1.54) is 6.08 Å². The average molecular weight is 211 g/mol. The molecule has 1 fully saturated rings. The molecule has 5 nitrogen and oxygen atoms in total. The first-order chi connectivity index (χ1) is 7.17. The minimum Gasteiger partial charge on any atom is -0.348 e. The Morgan fingerprint density at radius 3 is 2.93 bits per heavy atom. The lowest BCUT2D eigenvalue weighted by molar-refractivity contribution is -0.117. The molecule has 1 aliphatic rings. The fraction of sp³-hybridized carbons (Fsp3) is 0.600. The molecule has 0 spiro atoms. The molecule has 0 saturated carbocycles. The minimum atomic E-state index is -0.183. The number of rotatable bonds is 3. The van der Waals surface area contributed by atoms with Gasteiger partial charge in [-0.2, -0.15) is 0 Å². The van der Waals surface area contributed by atoms with Crippen LogP contribution in [-0.4, -0.2) is 42.5 Å². The van der Waals surface area contributed by atoms with Crippen molar-refractivity contribution in [1.29, 1.82) is 0 Å². The molecule has 0 aliphatic carbocycles. The number of hydrogen-bond donors (Lipinski definition) is 2. The van der Waals surface area contributed by atoms with Gasteiger partial charge in [0.05, 0.1) is 0 Å². The summed E-state index contributed by atoms with van der Waals surface area (Å²) in [6, 6.07) is -0.00837. The first-order valence-corrected chi connectivity index (χ1v) is 5.13. The van der Waals surface area contributed by atoms with Gasteiger partial charge in [-0.1, -0.05) is 6.58 Å². The number of hydrogen-bond acceptors (Lipinski definition) is 2. The largest absolute Gasteiger partial charge is 0.348 e. The Morgan fingerprint density at radius 1 is 1.60 bits per heavy atom. The Balaban J connectivity index is 2.35. The van der Waals surface area contributed by atoms with Crippen LogP contribution >= 0.6 is 0 Å². The molecule has 0 bridgehead atoms. The Morgan fingerprint density at radius 2 is 2.33 bits per heavy atom. The molecule has 5 heteroatoms. The molecule has 0 aromatic rings. The van der Waals surface area contributed by atoms with Gasteiger partial charge in [-0.25, -0.2) is 4.79 Å². The van der Waals surface area contributed by atoms with Crippen LogP contribution in [0.1, 0.15) is 13.3 Å². The van der Waals surface area contributed by atoms with Crippen LogP contribution in [0.5, 0.6) is 0 Å². The third-order valence-corrected chi connectivity index (χ3v) is 2.34. The lowest BCUT2D eigenvalue weighted by atomic mass is 10.2. The Kier molecular flexibility index (Phi) is 4.15. The van der Waals surface area contributed by atoms with Crippen molar-refractivity contribution in [2.75, 3.05) is 19.6 Å². The quantitative estimate of drug-likeness (QED) is 0.650. The van der Waals surface area contributed by atoms with E-state index in [-0.39, 0.29) is 18.0 Å². The SMILES string of the molecule is C=CC(=O)NC1CCN(C(=O)NCC)C1. The molecule has 1 saturated heterocycles. The standard InChI is InChI=1S/C10H17N3O2/c1-3-9(14)12-8-5-6-13(7-8)10(15)11-4-2/h3,8H,1,4-7H2,2H3,(H,11,15)(H,12,14). The van der Waals surface area contributed by atoms with Crippen molar-refractivity contribution in [1.82, 2.24) is 15.5 Å². The lowest BCUT2D eigenvalue weighted by Crippen LogP contribution is -2.41. The van der Waals surface area contributed by atoms with Crippen molar-refractivity contribution in [3.63, 3.8) is 0 Å². The summed E-state index contributed by atoms with van der Waals surface area (Å²) in [5.41, 5.74) is 0. The van der Waals surface area contributed by atoms with Crippen LogP contribution in [0.25, 0.3) is 0 Å². The normalized spacial score (nSPS) is 19.8. The molecule has 1 rings (SSSR count). The summed E-state index contributed by atoms with van der Waals surface area (Å²) >= 11 is 0. The van der Waals surface area contributed by atoms with Gasteiger partial charge in [0, 0.05) is 25.7 Å². The molecule has 0 radical (unpaired) electrons. The second-order valence-corrected chi connectivity index (χ2v) is 3.48. The van der Waals surface area contributed by atoms with Gasteiger partial charge in [0.15, 0.2) is 0 Å². The van der Waals surface area contributed by atoms with Crippen molar-refractivity contribution in [2.45, 2.75) is 19.4 Å². The summed E-state index contributed by atoms with van der Waals surface area (Å²) in [6.45, 7) is 7.15. The Bertz CT molecular complexity index is 265. The number of carbonyl (C=O) groups is 2. The van der Waals surface area contributed by atoms with Crippen molar-refractivity contribution in [3.05, 3.63) is 12.7 Å². The Labute approximate surface area is 89.5 Å². The molecule has 84 valence electrons. The molecule has 3 amide bonds. The monoisotopic (exact) mass is 211 g/mol. The second-order valence-electron chi connectivity index (χ2n) is 3.48. The molecule has 1 atom stereocenters. The van der Waals surface area contributed by atoms with Crippen LogP contribution in [0, 0.1) is 0 Å². The van der Waals surface area contributed by atoms with E-state index in [9.17, 15) is 9.59 Å². The van der Waals surface area contributed by atoms with E-state index < -0.39 is 0 Å². The smallest absolute Gasteiger partial charge is 0.317 e. The molecule has 0 aromatic carbocycles. The topological polar surface area (TPSA) is 61.4 Å². The van der Waals surface area contributed by atoms with Gasteiger partial charge < -0.3 is 15.5 Å². The van der Waals surface area contributed by atoms with Crippen molar-refractivity contribution in [2.24, 2.45) is 0 Å². The zero-order chi connectivity index (χ0) is 11.3. The third-order valence-electron chi connectivity index (χ3n) is 2.34. The zero-order valence-electron chi connectivity index (χ0n) is 8.95. The molecular formula is C10H17N3O2. The molecule has 15 heavy (non-hydrogen) atoms. The number of amides is 3. The van der Waals surface area contributed by atoms with Crippen LogP contribution in [0.3, 0.4) is 0 Å². The Hall–Kier alpha value is -1.52. The fourth-order valence-electron chi connectivity index (χ4n) is 1.59. The van der Waals surface area contributed by atoms with Gasteiger partial charge in [0.1, 0.15) is 0 Å². The van der Waals surface area contributed by atoms with Crippen molar-refractivity contribution in [3.8, 4) is 0 Å². The van der Waals surface area contributed by atoms with Crippen LogP contribution in [0.15, 0.2) is 12.7 Å². The van der Waals surface area contributed by atoms with Gasteiger partial charge in [0.2, 0.25) is 5.91 Å².